The third kappa shape index (κ3) is 3.74. The zero-order valence-corrected chi connectivity index (χ0v) is 14.4. The number of piperidine rings is 1. The Kier molecular flexibility index (Phi) is 4.78. The number of nitrogens with zero attached hydrogens (tertiary/aromatic N) is 3. The van der Waals surface area contributed by atoms with Crippen LogP contribution in [0.15, 0.2) is 30.5 Å². The molecule has 132 valence electrons. The normalized spacial score (nSPS) is 19.9. The number of hydrogen-bond donors (Lipinski definition) is 1. The second-order valence-corrected chi connectivity index (χ2v) is 6.88. The lowest BCUT2D eigenvalue weighted by Crippen LogP contribution is -2.49. The van der Waals surface area contributed by atoms with Crippen LogP contribution in [-0.4, -0.2) is 53.2 Å². The first-order valence-corrected chi connectivity index (χ1v) is 9.14. The number of urea groups is 1. The molecule has 0 spiro atoms. The van der Waals surface area contributed by atoms with E-state index in [4.69, 9.17) is 9.72 Å². The van der Waals surface area contributed by atoms with Crippen molar-refractivity contribution in [1.29, 1.82) is 0 Å². The number of aromatic nitrogens is 2. The van der Waals surface area contributed by atoms with Crippen molar-refractivity contribution < 1.29 is 9.53 Å². The van der Waals surface area contributed by atoms with E-state index in [2.05, 4.69) is 22.4 Å². The molecule has 0 radical (unpaired) electrons. The van der Waals surface area contributed by atoms with Crippen molar-refractivity contribution in [2.75, 3.05) is 26.3 Å². The maximum Gasteiger partial charge on any atom is 0.317 e. The van der Waals surface area contributed by atoms with E-state index < -0.39 is 0 Å². The van der Waals surface area contributed by atoms with Crippen LogP contribution in [0.1, 0.15) is 37.3 Å². The summed E-state index contributed by atoms with van der Waals surface area (Å²) in [6.07, 6.45) is 5.51. The lowest BCUT2D eigenvalue weighted by atomic mass is 9.93. The van der Waals surface area contributed by atoms with Crippen molar-refractivity contribution >= 4 is 17.1 Å². The number of carbonyl (C=O) groups is 1. The molecule has 6 nitrogen and oxygen atoms in total. The van der Waals surface area contributed by atoms with Gasteiger partial charge in [0.05, 0.1) is 0 Å². The third-order valence-electron chi connectivity index (χ3n) is 5.23. The second-order valence-electron chi connectivity index (χ2n) is 6.88. The molecule has 4 heterocycles. The Morgan fingerprint density at radius 2 is 1.92 bits per heavy atom. The van der Waals surface area contributed by atoms with Crippen LogP contribution >= 0.6 is 0 Å². The predicted octanol–water partition coefficient (Wildman–Crippen LogP) is 2.70. The Balaban J connectivity index is 1.34. The minimum Gasteiger partial charge on any atom is -0.381 e. The molecule has 0 unspecified atom stereocenters. The fourth-order valence-corrected chi connectivity index (χ4v) is 3.68. The van der Waals surface area contributed by atoms with Gasteiger partial charge in [-0.3, -0.25) is 0 Å². The highest BCUT2D eigenvalue weighted by Crippen LogP contribution is 2.27. The highest BCUT2D eigenvalue weighted by atomic mass is 16.5. The van der Waals surface area contributed by atoms with Crippen molar-refractivity contribution in [3.05, 3.63) is 36.2 Å². The van der Waals surface area contributed by atoms with Gasteiger partial charge in [-0.05, 0) is 49.9 Å². The van der Waals surface area contributed by atoms with Gasteiger partial charge in [0.25, 0.3) is 0 Å². The summed E-state index contributed by atoms with van der Waals surface area (Å²) in [6.45, 7) is 3.05. The molecular formula is C19H24N4O2. The molecule has 0 aromatic carbocycles. The maximum atomic E-state index is 12.4. The number of fused-ring (bicyclic) bond motifs is 1. The van der Waals surface area contributed by atoms with Crippen LogP contribution in [0.3, 0.4) is 0 Å². The molecule has 0 aliphatic carbocycles. The van der Waals surface area contributed by atoms with Crippen molar-refractivity contribution in [3.63, 3.8) is 0 Å². The fourth-order valence-electron chi connectivity index (χ4n) is 3.68. The number of ether oxygens (including phenoxy) is 1. The monoisotopic (exact) mass is 340 g/mol. The smallest absolute Gasteiger partial charge is 0.317 e. The van der Waals surface area contributed by atoms with Gasteiger partial charge < -0.3 is 15.0 Å². The molecule has 2 amide bonds. The molecule has 2 aliphatic heterocycles. The van der Waals surface area contributed by atoms with Crippen molar-refractivity contribution in [2.24, 2.45) is 0 Å². The zero-order chi connectivity index (χ0) is 17.1. The Bertz CT molecular complexity index is 737. The molecule has 2 fully saturated rings. The van der Waals surface area contributed by atoms with E-state index in [9.17, 15) is 4.79 Å². The maximum absolute atomic E-state index is 12.4. The van der Waals surface area contributed by atoms with Crippen LogP contribution in [0.4, 0.5) is 4.79 Å². The first-order valence-electron chi connectivity index (χ1n) is 9.14. The van der Waals surface area contributed by atoms with Crippen molar-refractivity contribution in [3.8, 4) is 0 Å². The first-order chi connectivity index (χ1) is 12.3. The molecule has 4 rings (SSSR count). The molecule has 0 saturated carbocycles. The molecular weight excluding hydrogens is 316 g/mol. The summed E-state index contributed by atoms with van der Waals surface area (Å²) in [5.74, 6) is 0.401. The number of rotatable bonds is 2. The van der Waals surface area contributed by atoms with E-state index in [1.165, 1.54) is 0 Å². The topological polar surface area (TPSA) is 67.3 Å². The van der Waals surface area contributed by atoms with Gasteiger partial charge in [0, 0.05) is 55.5 Å². The molecule has 25 heavy (non-hydrogen) atoms. The highest BCUT2D eigenvalue weighted by molar-refractivity contribution is 5.75. The van der Waals surface area contributed by atoms with E-state index in [0.717, 1.165) is 68.7 Å². The summed E-state index contributed by atoms with van der Waals surface area (Å²) in [4.78, 5) is 23.4. The average molecular weight is 340 g/mol. The van der Waals surface area contributed by atoms with Gasteiger partial charge in [-0.15, -0.1) is 0 Å². The van der Waals surface area contributed by atoms with Crippen LogP contribution in [0, 0.1) is 0 Å². The largest absolute Gasteiger partial charge is 0.381 e. The van der Waals surface area contributed by atoms with Crippen LogP contribution in [0.25, 0.3) is 11.0 Å². The molecule has 2 saturated heterocycles. The zero-order valence-electron chi connectivity index (χ0n) is 14.4. The molecule has 2 aromatic rings. The van der Waals surface area contributed by atoms with Crippen LogP contribution in [0.2, 0.25) is 0 Å². The Morgan fingerprint density at radius 1 is 1.12 bits per heavy atom. The highest BCUT2D eigenvalue weighted by Gasteiger charge is 2.26. The summed E-state index contributed by atoms with van der Waals surface area (Å²) in [6, 6.07) is 8.48. The van der Waals surface area contributed by atoms with Gasteiger partial charge in [-0.25, -0.2) is 14.8 Å². The van der Waals surface area contributed by atoms with Crippen LogP contribution < -0.4 is 5.32 Å². The Labute approximate surface area is 147 Å². The summed E-state index contributed by atoms with van der Waals surface area (Å²) in [5.41, 5.74) is 1.90. The summed E-state index contributed by atoms with van der Waals surface area (Å²) in [7, 11) is 0. The predicted molar refractivity (Wildman–Crippen MR) is 95.5 cm³/mol. The number of carbonyl (C=O) groups excluding carboxylic acids is 1. The fraction of sp³-hybridized carbons (Fsp3) is 0.526. The number of likely N-dealkylation sites (tertiary alicyclic amines) is 1. The van der Waals surface area contributed by atoms with E-state index in [1.807, 2.05) is 17.0 Å². The SMILES string of the molecule is O=C(NC1CCOCC1)N1CCC(c2ccc3cccnc3n2)CC1. The minimum absolute atomic E-state index is 0.0680. The molecule has 2 aromatic heterocycles. The van der Waals surface area contributed by atoms with E-state index >= 15 is 0 Å². The quantitative estimate of drug-likeness (QED) is 0.913. The first kappa shape index (κ1) is 16.3. The number of nitrogens with one attached hydrogen (secondary N) is 1. The van der Waals surface area contributed by atoms with Crippen molar-refractivity contribution in [2.45, 2.75) is 37.6 Å². The number of amides is 2. The number of hydrogen-bond acceptors (Lipinski definition) is 4. The summed E-state index contributed by atoms with van der Waals surface area (Å²) in [5, 5.41) is 4.22. The molecule has 1 N–H and O–H groups in total. The molecule has 0 bridgehead atoms. The third-order valence-corrected chi connectivity index (χ3v) is 5.23. The van der Waals surface area contributed by atoms with Crippen LogP contribution in [0.5, 0.6) is 0 Å². The number of pyridine rings is 2. The Hall–Kier alpha value is -2.21. The van der Waals surface area contributed by atoms with Gasteiger partial charge in [0.15, 0.2) is 5.65 Å². The van der Waals surface area contributed by atoms with E-state index in [-0.39, 0.29) is 12.1 Å². The van der Waals surface area contributed by atoms with Crippen molar-refractivity contribution in [1.82, 2.24) is 20.2 Å². The van der Waals surface area contributed by atoms with Gasteiger partial charge in [-0.1, -0.05) is 0 Å². The van der Waals surface area contributed by atoms with E-state index in [0.29, 0.717) is 5.92 Å². The van der Waals surface area contributed by atoms with Crippen LogP contribution in [-0.2, 0) is 4.74 Å². The minimum atomic E-state index is 0.0680. The Morgan fingerprint density at radius 3 is 2.72 bits per heavy atom. The van der Waals surface area contributed by atoms with Gasteiger partial charge in [0.1, 0.15) is 0 Å². The summed E-state index contributed by atoms with van der Waals surface area (Å²) >= 11 is 0. The van der Waals surface area contributed by atoms with Gasteiger partial charge in [0.2, 0.25) is 0 Å². The second kappa shape index (κ2) is 7.35. The van der Waals surface area contributed by atoms with Gasteiger partial charge >= 0.3 is 6.03 Å². The molecule has 2 aliphatic rings. The van der Waals surface area contributed by atoms with Gasteiger partial charge in [-0.2, -0.15) is 0 Å². The van der Waals surface area contributed by atoms with E-state index in [1.54, 1.807) is 6.20 Å². The summed E-state index contributed by atoms with van der Waals surface area (Å²) < 4.78 is 5.34. The average Bonchev–Trinajstić information content (AvgIpc) is 2.68. The molecule has 6 heteroatoms. The lowest BCUT2D eigenvalue weighted by molar-refractivity contribution is 0.0775. The standard InChI is InChI=1S/C19H24N4O2/c24-19(21-16-7-12-25-13-8-16)23-10-5-14(6-11-23)17-4-3-15-2-1-9-20-18(15)22-17/h1-4,9,14,16H,5-8,10-13H2,(H,21,24). The molecule has 0 atom stereocenters. The lowest BCUT2D eigenvalue weighted by Gasteiger charge is -2.33.